The molecule has 4 heterocycles. The van der Waals surface area contributed by atoms with Crippen molar-refractivity contribution in [3.8, 4) is 11.3 Å². The lowest BCUT2D eigenvalue weighted by atomic mass is 10.1. The molecule has 0 spiro atoms. The fourth-order valence-electron chi connectivity index (χ4n) is 5.09. The van der Waals surface area contributed by atoms with E-state index in [4.69, 9.17) is 18.6 Å². The molecule has 1 aromatic heterocycles. The number of anilines is 2. The number of benzene rings is 2. The van der Waals surface area contributed by atoms with Gasteiger partial charge in [0.25, 0.3) is 0 Å². The van der Waals surface area contributed by atoms with Crippen LogP contribution < -0.4 is 15.6 Å². The minimum absolute atomic E-state index is 0.0531. The molecule has 2 aromatic carbocycles. The number of hydrogen-bond acceptors (Lipinski definition) is 10. The predicted octanol–water partition coefficient (Wildman–Crippen LogP) is 4.52. The quantitative estimate of drug-likeness (QED) is 0.329. The third-order valence-electron chi connectivity index (χ3n) is 7.02. The fourth-order valence-corrected chi connectivity index (χ4v) is 7.50. The molecular weight excluding hydrogens is 534 g/mol. The molecule has 39 heavy (non-hydrogen) atoms. The van der Waals surface area contributed by atoms with Crippen LogP contribution >= 0.6 is 23.5 Å². The largest absolute Gasteiger partial charge is 0.440 e. The van der Waals surface area contributed by atoms with E-state index in [0.29, 0.717) is 44.6 Å². The monoisotopic (exact) mass is 567 g/mol. The van der Waals surface area contributed by atoms with Crippen LogP contribution in [0.3, 0.4) is 0 Å². The van der Waals surface area contributed by atoms with Gasteiger partial charge in [0.1, 0.15) is 5.76 Å². The van der Waals surface area contributed by atoms with Crippen molar-refractivity contribution in [2.24, 2.45) is 0 Å². The Hall–Kier alpha value is -2.47. The summed E-state index contributed by atoms with van der Waals surface area (Å²) < 4.78 is 22.8. The van der Waals surface area contributed by atoms with Gasteiger partial charge in [0, 0.05) is 82.8 Å². The summed E-state index contributed by atoms with van der Waals surface area (Å²) in [7, 11) is 1.75. The molecule has 1 N–H and O–H groups in total. The molecule has 2 saturated heterocycles. The van der Waals surface area contributed by atoms with Crippen LogP contribution in [0.5, 0.6) is 0 Å². The van der Waals surface area contributed by atoms with Crippen molar-refractivity contribution in [1.29, 1.82) is 0 Å². The molecule has 10 heteroatoms. The summed E-state index contributed by atoms with van der Waals surface area (Å²) in [6.07, 6.45) is 0. The van der Waals surface area contributed by atoms with Gasteiger partial charge in [-0.15, -0.1) is 0 Å². The van der Waals surface area contributed by atoms with E-state index in [1.807, 2.05) is 12.1 Å². The Morgan fingerprint density at radius 2 is 1.72 bits per heavy atom. The minimum atomic E-state index is -0.0531. The number of nitrogens with zero attached hydrogens (tertiary/aromatic N) is 2. The van der Waals surface area contributed by atoms with E-state index in [1.54, 1.807) is 42.8 Å². The zero-order valence-electron chi connectivity index (χ0n) is 22.0. The Morgan fingerprint density at radius 1 is 0.923 bits per heavy atom. The van der Waals surface area contributed by atoms with Crippen molar-refractivity contribution in [2.75, 3.05) is 83.1 Å². The van der Waals surface area contributed by atoms with Crippen molar-refractivity contribution >= 4 is 35.1 Å². The highest BCUT2D eigenvalue weighted by Gasteiger charge is 2.24. The molecule has 6 rings (SSSR count). The number of nitrogens with one attached hydrogen (secondary N) is 1. The number of fused-ring (bicyclic) bond motifs is 2. The van der Waals surface area contributed by atoms with Crippen LogP contribution in [0.15, 0.2) is 77.3 Å². The van der Waals surface area contributed by atoms with E-state index < -0.39 is 0 Å². The van der Waals surface area contributed by atoms with Crippen LogP contribution in [0, 0.1) is 0 Å². The molecule has 2 fully saturated rings. The van der Waals surface area contributed by atoms with Gasteiger partial charge in [-0.25, -0.2) is 0 Å². The number of ether oxygens (including phenoxy) is 3. The summed E-state index contributed by atoms with van der Waals surface area (Å²) in [5, 5.41) is 3.69. The maximum atomic E-state index is 12.6. The third-order valence-corrected chi connectivity index (χ3v) is 9.61. The fraction of sp³-hybridized carbons (Fsp3) is 0.414. The summed E-state index contributed by atoms with van der Waals surface area (Å²) in [5.41, 5.74) is 1.97. The van der Waals surface area contributed by atoms with E-state index in [-0.39, 0.29) is 11.5 Å². The van der Waals surface area contributed by atoms with Gasteiger partial charge in [-0.05, 0) is 24.3 Å². The van der Waals surface area contributed by atoms with Crippen LogP contribution in [0.2, 0.25) is 0 Å². The molecular formula is C29H33N3O5S2. The van der Waals surface area contributed by atoms with E-state index in [1.165, 1.54) is 9.79 Å². The normalized spacial score (nSPS) is 18.3. The van der Waals surface area contributed by atoms with Gasteiger partial charge >= 0.3 is 0 Å². The number of morpholine rings is 2. The number of methoxy groups -OCH3 is 1. The van der Waals surface area contributed by atoms with Gasteiger partial charge in [0.2, 0.25) is 0 Å². The molecule has 0 bridgehead atoms. The average Bonchev–Trinajstić information content (AvgIpc) is 2.96. The molecule has 0 amide bonds. The van der Waals surface area contributed by atoms with Gasteiger partial charge in [0.05, 0.1) is 39.1 Å². The summed E-state index contributed by atoms with van der Waals surface area (Å²) >= 11 is 3.48. The Morgan fingerprint density at radius 3 is 2.51 bits per heavy atom. The number of hydrogen-bond donors (Lipinski definition) is 1. The Bertz CT molecular complexity index is 1350. The molecule has 0 aliphatic carbocycles. The standard InChI is InChI=1S/C29H33N3O5S2/c1-34-19-21(18-31-7-11-35-12-8-31)30-20-5-6-25-27(15-20)38-26-4-2-3-23(29(26)39-25)24-16-22(33)17-28(37-24)32-9-13-36-14-10-32/h2-6,15-17,21,30H,7-14,18-19H2,1H3. The van der Waals surface area contributed by atoms with Gasteiger partial charge in [-0.3, -0.25) is 9.69 Å². The molecule has 8 nitrogen and oxygen atoms in total. The summed E-state index contributed by atoms with van der Waals surface area (Å²) in [6.45, 7) is 7.72. The zero-order chi connectivity index (χ0) is 26.6. The second-order valence-electron chi connectivity index (χ2n) is 9.80. The maximum Gasteiger partial charge on any atom is 0.200 e. The van der Waals surface area contributed by atoms with Crippen molar-refractivity contribution < 1.29 is 18.6 Å². The predicted molar refractivity (Wildman–Crippen MR) is 155 cm³/mol. The van der Waals surface area contributed by atoms with Crippen LogP contribution in [-0.2, 0) is 14.2 Å². The van der Waals surface area contributed by atoms with E-state index in [2.05, 4.69) is 39.4 Å². The SMILES string of the molecule is COCC(CN1CCOCC1)Nc1ccc2c(c1)Sc1cccc(-c3cc(=O)cc(N4CCOCC4)o3)c1S2. The van der Waals surface area contributed by atoms with Crippen LogP contribution in [0.1, 0.15) is 0 Å². The molecule has 206 valence electrons. The average molecular weight is 568 g/mol. The lowest BCUT2D eigenvalue weighted by Gasteiger charge is -2.31. The van der Waals surface area contributed by atoms with Crippen molar-refractivity contribution in [2.45, 2.75) is 25.6 Å². The van der Waals surface area contributed by atoms with Crippen LogP contribution in [0.25, 0.3) is 11.3 Å². The Balaban J connectivity index is 1.22. The van der Waals surface area contributed by atoms with Crippen LogP contribution in [-0.4, -0.2) is 83.8 Å². The summed E-state index contributed by atoms with van der Waals surface area (Å²) in [4.78, 5) is 21.8. The molecule has 3 aliphatic heterocycles. The van der Waals surface area contributed by atoms with Crippen molar-refractivity contribution in [3.63, 3.8) is 0 Å². The molecule has 1 atom stereocenters. The maximum absolute atomic E-state index is 12.6. The minimum Gasteiger partial charge on any atom is -0.440 e. The van der Waals surface area contributed by atoms with Gasteiger partial charge in [-0.2, -0.15) is 0 Å². The van der Waals surface area contributed by atoms with E-state index in [0.717, 1.165) is 53.9 Å². The summed E-state index contributed by atoms with van der Waals surface area (Å²) in [6, 6.07) is 16.1. The zero-order valence-corrected chi connectivity index (χ0v) is 23.7. The molecule has 3 aromatic rings. The van der Waals surface area contributed by atoms with E-state index in [9.17, 15) is 4.79 Å². The second kappa shape index (κ2) is 12.4. The Kier molecular flexibility index (Phi) is 8.48. The lowest BCUT2D eigenvalue weighted by molar-refractivity contribution is 0.0319. The van der Waals surface area contributed by atoms with E-state index >= 15 is 0 Å². The van der Waals surface area contributed by atoms with Crippen molar-refractivity contribution in [3.05, 3.63) is 58.8 Å². The van der Waals surface area contributed by atoms with Gasteiger partial charge in [0.15, 0.2) is 11.3 Å². The lowest BCUT2D eigenvalue weighted by Crippen LogP contribution is -2.44. The Labute approximate surface area is 237 Å². The highest BCUT2D eigenvalue weighted by molar-refractivity contribution is 8.05. The molecule has 0 saturated carbocycles. The smallest absolute Gasteiger partial charge is 0.200 e. The van der Waals surface area contributed by atoms with Crippen LogP contribution in [0.4, 0.5) is 11.6 Å². The highest BCUT2D eigenvalue weighted by Crippen LogP contribution is 2.52. The first-order chi connectivity index (χ1) is 19.2. The summed E-state index contributed by atoms with van der Waals surface area (Å²) in [5.74, 6) is 1.20. The van der Waals surface area contributed by atoms with Crippen molar-refractivity contribution in [1.82, 2.24) is 4.90 Å². The number of rotatable bonds is 8. The molecule has 3 aliphatic rings. The first-order valence-corrected chi connectivity index (χ1v) is 15.0. The first-order valence-electron chi connectivity index (χ1n) is 13.3. The first kappa shape index (κ1) is 26.7. The van der Waals surface area contributed by atoms with Gasteiger partial charge in [-0.1, -0.05) is 35.7 Å². The second-order valence-corrected chi connectivity index (χ2v) is 11.9. The topological polar surface area (TPSA) is 76.4 Å². The van der Waals surface area contributed by atoms with Gasteiger partial charge < -0.3 is 28.8 Å². The highest BCUT2D eigenvalue weighted by atomic mass is 32.2. The molecule has 0 radical (unpaired) electrons. The molecule has 1 unspecified atom stereocenters. The third kappa shape index (κ3) is 6.32.